The summed E-state index contributed by atoms with van der Waals surface area (Å²) < 4.78 is 18.6. The molecule has 3 aromatic rings. The maximum atomic E-state index is 13.2. The van der Waals surface area contributed by atoms with Crippen LogP contribution in [-0.2, 0) is 0 Å². The first kappa shape index (κ1) is 14.5. The van der Waals surface area contributed by atoms with E-state index in [4.69, 9.17) is 16.3 Å². The van der Waals surface area contributed by atoms with Crippen molar-refractivity contribution in [1.82, 2.24) is 9.97 Å². The van der Waals surface area contributed by atoms with Gasteiger partial charge in [0.2, 0.25) is 0 Å². The first-order chi connectivity index (χ1) is 10.6. The van der Waals surface area contributed by atoms with Gasteiger partial charge in [-0.2, -0.15) is 0 Å². The molecule has 0 spiro atoms. The Morgan fingerprint density at radius 2 is 2.00 bits per heavy atom. The summed E-state index contributed by atoms with van der Waals surface area (Å²) in [5.74, 6) is 0.894. The molecule has 3 rings (SSSR count). The number of halogens is 2. The van der Waals surface area contributed by atoms with Crippen LogP contribution >= 0.6 is 11.6 Å². The Morgan fingerprint density at radius 1 is 1.18 bits per heavy atom. The Bertz CT molecular complexity index is 854. The average molecular weight is 318 g/mol. The summed E-state index contributed by atoms with van der Waals surface area (Å²) >= 11 is 5.80. The number of aromatic nitrogens is 2. The molecular weight excluding hydrogens is 305 g/mol. The summed E-state index contributed by atoms with van der Waals surface area (Å²) in [4.78, 5) is 8.50. The van der Waals surface area contributed by atoms with Crippen LogP contribution in [0.2, 0.25) is 5.02 Å². The van der Waals surface area contributed by atoms with E-state index in [0.717, 1.165) is 22.2 Å². The van der Waals surface area contributed by atoms with Crippen molar-refractivity contribution in [3.05, 3.63) is 53.1 Å². The molecule has 1 N–H and O–H groups in total. The third kappa shape index (κ3) is 2.67. The maximum absolute atomic E-state index is 13.2. The van der Waals surface area contributed by atoms with Crippen molar-refractivity contribution in [2.45, 2.75) is 6.92 Å². The van der Waals surface area contributed by atoms with Crippen molar-refractivity contribution in [3.8, 4) is 5.75 Å². The van der Waals surface area contributed by atoms with Crippen LogP contribution in [0.1, 0.15) is 5.56 Å². The number of fused-ring (bicyclic) bond motifs is 1. The number of nitrogens with zero attached hydrogens (tertiary/aromatic N) is 2. The normalized spacial score (nSPS) is 10.7. The number of hydrogen-bond acceptors (Lipinski definition) is 4. The molecule has 6 heteroatoms. The van der Waals surface area contributed by atoms with Crippen LogP contribution in [0.25, 0.3) is 10.9 Å². The molecule has 22 heavy (non-hydrogen) atoms. The second-order valence-corrected chi connectivity index (χ2v) is 5.22. The molecule has 1 heterocycles. The van der Waals surface area contributed by atoms with Gasteiger partial charge in [-0.1, -0.05) is 11.6 Å². The molecule has 0 aliphatic rings. The molecule has 0 unspecified atom stereocenters. The standard InChI is InChI=1S/C16H13ClFN3O/c1-9-5-14-11(7-15(9)22-2)16(20-8-19-14)21-10-3-4-13(18)12(17)6-10/h3-8H,1-2H3,(H,19,20,21). The zero-order chi connectivity index (χ0) is 15.7. The predicted molar refractivity (Wildman–Crippen MR) is 85.5 cm³/mol. The predicted octanol–water partition coefficient (Wildman–Crippen LogP) is 4.48. The van der Waals surface area contributed by atoms with E-state index in [1.807, 2.05) is 19.1 Å². The smallest absolute Gasteiger partial charge is 0.141 e. The fraction of sp³-hybridized carbons (Fsp3) is 0.125. The molecule has 0 atom stereocenters. The van der Waals surface area contributed by atoms with E-state index in [1.165, 1.54) is 18.5 Å². The number of anilines is 2. The molecule has 112 valence electrons. The molecule has 0 bridgehead atoms. The van der Waals surface area contributed by atoms with Gasteiger partial charge in [0.05, 0.1) is 17.6 Å². The number of methoxy groups -OCH3 is 1. The van der Waals surface area contributed by atoms with E-state index >= 15 is 0 Å². The molecule has 0 fully saturated rings. The largest absolute Gasteiger partial charge is 0.496 e. The molecule has 4 nitrogen and oxygen atoms in total. The van der Waals surface area contributed by atoms with Gasteiger partial charge in [-0.15, -0.1) is 0 Å². The van der Waals surface area contributed by atoms with Crippen molar-refractivity contribution in [2.24, 2.45) is 0 Å². The Balaban J connectivity index is 2.08. The van der Waals surface area contributed by atoms with E-state index in [2.05, 4.69) is 15.3 Å². The molecule has 0 saturated heterocycles. The van der Waals surface area contributed by atoms with Crippen LogP contribution < -0.4 is 10.1 Å². The first-order valence-corrected chi connectivity index (χ1v) is 6.97. The van der Waals surface area contributed by atoms with Crippen LogP contribution in [0, 0.1) is 12.7 Å². The Morgan fingerprint density at radius 3 is 2.73 bits per heavy atom. The van der Waals surface area contributed by atoms with E-state index in [0.29, 0.717) is 11.5 Å². The van der Waals surface area contributed by atoms with Gasteiger partial charge < -0.3 is 10.1 Å². The highest BCUT2D eigenvalue weighted by Gasteiger charge is 2.09. The lowest BCUT2D eigenvalue weighted by atomic mass is 10.1. The Hall–Kier alpha value is -2.40. The van der Waals surface area contributed by atoms with Crippen molar-refractivity contribution in [2.75, 3.05) is 12.4 Å². The van der Waals surface area contributed by atoms with Crippen LogP contribution in [0.5, 0.6) is 5.75 Å². The SMILES string of the molecule is COc1cc2c(Nc3ccc(F)c(Cl)c3)ncnc2cc1C. The third-order valence-corrected chi connectivity index (χ3v) is 3.62. The zero-order valence-electron chi connectivity index (χ0n) is 12.0. The second-order valence-electron chi connectivity index (χ2n) is 4.82. The monoisotopic (exact) mass is 317 g/mol. The van der Waals surface area contributed by atoms with Crippen molar-refractivity contribution in [1.29, 1.82) is 0 Å². The quantitative estimate of drug-likeness (QED) is 0.773. The van der Waals surface area contributed by atoms with Gasteiger partial charge in [0.15, 0.2) is 0 Å². The van der Waals surface area contributed by atoms with Crippen LogP contribution in [-0.4, -0.2) is 17.1 Å². The topological polar surface area (TPSA) is 47.0 Å². The fourth-order valence-electron chi connectivity index (χ4n) is 2.22. The minimum Gasteiger partial charge on any atom is -0.496 e. The Kier molecular flexibility index (Phi) is 3.81. The van der Waals surface area contributed by atoms with Gasteiger partial charge in [-0.05, 0) is 42.8 Å². The number of nitrogens with one attached hydrogen (secondary N) is 1. The highest BCUT2D eigenvalue weighted by molar-refractivity contribution is 6.31. The highest BCUT2D eigenvalue weighted by atomic mass is 35.5. The minimum atomic E-state index is -0.461. The van der Waals surface area contributed by atoms with E-state index in [1.54, 1.807) is 13.2 Å². The summed E-state index contributed by atoms with van der Waals surface area (Å²) in [5, 5.41) is 3.99. The number of rotatable bonds is 3. The molecule has 1 aromatic heterocycles. The van der Waals surface area contributed by atoms with Gasteiger partial charge >= 0.3 is 0 Å². The minimum absolute atomic E-state index is 0.0526. The van der Waals surface area contributed by atoms with Gasteiger partial charge in [-0.3, -0.25) is 0 Å². The molecule has 0 aliphatic heterocycles. The lowest BCUT2D eigenvalue weighted by molar-refractivity contribution is 0.412. The summed E-state index contributed by atoms with van der Waals surface area (Å²) in [5.41, 5.74) is 2.43. The van der Waals surface area contributed by atoms with Crippen molar-refractivity contribution < 1.29 is 9.13 Å². The molecule has 2 aromatic carbocycles. The highest BCUT2D eigenvalue weighted by Crippen LogP contribution is 2.30. The van der Waals surface area contributed by atoms with E-state index in [9.17, 15) is 4.39 Å². The lowest BCUT2D eigenvalue weighted by Gasteiger charge is -2.11. The summed E-state index contributed by atoms with van der Waals surface area (Å²) in [6.45, 7) is 1.95. The van der Waals surface area contributed by atoms with Crippen molar-refractivity contribution in [3.63, 3.8) is 0 Å². The molecule has 0 radical (unpaired) electrons. The summed E-state index contributed by atoms with van der Waals surface area (Å²) in [6, 6.07) is 8.21. The molecular formula is C16H13ClFN3O. The van der Waals surface area contributed by atoms with Crippen molar-refractivity contribution >= 4 is 34.0 Å². The number of ether oxygens (including phenoxy) is 1. The lowest BCUT2D eigenvalue weighted by Crippen LogP contribution is -1.97. The average Bonchev–Trinajstić information content (AvgIpc) is 2.50. The fourth-order valence-corrected chi connectivity index (χ4v) is 2.40. The van der Waals surface area contributed by atoms with Gasteiger partial charge in [0, 0.05) is 11.1 Å². The van der Waals surface area contributed by atoms with Gasteiger partial charge in [-0.25, -0.2) is 14.4 Å². The van der Waals surface area contributed by atoms with Crippen LogP contribution in [0.15, 0.2) is 36.7 Å². The van der Waals surface area contributed by atoms with Crippen LogP contribution in [0.3, 0.4) is 0 Å². The molecule has 0 aliphatic carbocycles. The van der Waals surface area contributed by atoms with E-state index in [-0.39, 0.29) is 5.02 Å². The second kappa shape index (κ2) is 5.77. The Labute approximate surface area is 131 Å². The number of aryl methyl sites for hydroxylation is 1. The van der Waals surface area contributed by atoms with E-state index < -0.39 is 5.82 Å². The first-order valence-electron chi connectivity index (χ1n) is 6.60. The zero-order valence-corrected chi connectivity index (χ0v) is 12.8. The van der Waals surface area contributed by atoms with Gasteiger partial charge in [0.1, 0.15) is 23.7 Å². The molecule has 0 amide bonds. The summed E-state index contributed by atoms with van der Waals surface area (Å²) in [6.07, 6.45) is 1.47. The summed E-state index contributed by atoms with van der Waals surface area (Å²) in [7, 11) is 1.62. The van der Waals surface area contributed by atoms with Crippen LogP contribution in [0.4, 0.5) is 15.9 Å². The number of hydrogen-bond donors (Lipinski definition) is 1. The molecule has 0 saturated carbocycles. The van der Waals surface area contributed by atoms with Gasteiger partial charge in [0.25, 0.3) is 0 Å². The number of benzene rings is 2. The maximum Gasteiger partial charge on any atom is 0.141 e. The third-order valence-electron chi connectivity index (χ3n) is 3.33.